The summed E-state index contributed by atoms with van der Waals surface area (Å²) in [5, 5.41) is 13.4. The van der Waals surface area contributed by atoms with E-state index in [4.69, 9.17) is 4.74 Å². The Kier molecular flexibility index (Phi) is 3.84. The van der Waals surface area contributed by atoms with Gasteiger partial charge in [-0.3, -0.25) is 10.1 Å². The molecule has 0 unspecified atom stereocenters. The molecule has 0 atom stereocenters. The first-order valence-electron chi connectivity index (χ1n) is 6.00. The zero-order valence-electron chi connectivity index (χ0n) is 10.6. The second-order valence-electron chi connectivity index (χ2n) is 4.27. The molecule has 1 aliphatic heterocycles. The number of hydrogen-bond donors (Lipinski definition) is 1. The van der Waals surface area contributed by atoms with Gasteiger partial charge in [0.15, 0.2) is 0 Å². The van der Waals surface area contributed by atoms with E-state index in [9.17, 15) is 14.9 Å². The zero-order chi connectivity index (χ0) is 13.8. The number of ether oxygens (including phenoxy) is 1. The number of anilines is 1. The minimum absolute atomic E-state index is 0.0856. The minimum atomic E-state index is -0.509. The lowest BCUT2D eigenvalue weighted by Gasteiger charge is -2.17. The second kappa shape index (κ2) is 5.55. The van der Waals surface area contributed by atoms with E-state index in [1.165, 1.54) is 25.3 Å². The highest BCUT2D eigenvalue weighted by Crippen LogP contribution is 2.29. The summed E-state index contributed by atoms with van der Waals surface area (Å²) in [6, 6.07) is 3.85. The van der Waals surface area contributed by atoms with E-state index in [2.05, 4.69) is 5.32 Å². The normalized spacial score (nSPS) is 14.3. The topological polar surface area (TPSA) is 84.7 Å². The Balaban J connectivity index is 2.19. The van der Waals surface area contributed by atoms with Crippen molar-refractivity contribution in [2.24, 2.45) is 0 Å². The van der Waals surface area contributed by atoms with Crippen LogP contribution >= 0.6 is 0 Å². The predicted molar refractivity (Wildman–Crippen MR) is 69.5 cm³/mol. The molecule has 1 heterocycles. The summed E-state index contributed by atoms with van der Waals surface area (Å²) in [6.45, 7) is 1.42. The van der Waals surface area contributed by atoms with Gasteiger partial charge in [-0.05, 0) is 18.9 Å². The number of nitrogens with zero attached hydrogens (tertiary/aromatic N) is 2. The van der Waals surface area contributed by atoms with Crippen molar-refractivity contribution >= 4 is 17.4 Å². The summed E-state index contributed by atoms with van der Waals surface area (Å²) < 4.78 is 5.09. The van der Waals surface area contributed by atoms with Crippen molar-refractivity contribution in [1.29, 1.82) is 0 Å². The minimum Gasteiger partial charge on any atom is -0.495 e. The largest absolute Gasteiger partial charge is 0.495 e. The van der Waals surface area contributed by atoms with Crippen LogP contribution in [0.25, 0.3) is 0 Å². The third-order valence-electron chi connectivity index (χ3n) is 3.03. The average molecular weight is 265 g/mol. The number of carbonyl (C=O) groups excluding carboxylic acids is 1. The predicted octanol–water partition coefficient (Wildman–Crippen LogP) is 2.23. The van der Waals surface area contributed by atoms with Gasteiger partial charge in [-0.2, -0.15) is 0 Å². The third kappa shape index (κ3) is 2.93. The van der Waals surface area contributed by atoms with E-state index < -0.39 is 4.92 Å². The van der Waals surface area contributed by atoms with E-state index in [-0.39, 0.29) is 11.7 Å². The number of nitro groups is 1. The van der Waals surface area contributed by atoms with E-state index in [0.717, 1.165) is 12.8 Å². The van der Waals surface area contributed by atoms with Gasteiger partial charge in [0.25, 0.3) is 5.69 Å². The van der Waals surface area contributed by atoms with Crippen LogP contribution in [0.4, 0.5) is 16.2 Å². The van der Waals surface area contributed by atoms with Crippen LogP contribution in [-0.4, -0.2) is 36.1 Å². The summed E-state index contributed by atoms with van der Waals surface area (Å²) >= 11 is 0. The van der Waals surface area contributed by atoms with Gasteiger partial charge < -0.3 is 15.0 Å². The molecule has 0 aromatic heterocycles. The summed E-state index contributed by atoms with van der Waals surface area (Å²) in [7, 11) is 1.45. The molecule has 19 heavy (non-hydrogen) atoms. The number of rotatable bonds is 3. The van der Waals surface area contributed by atoms with Crippen LogP contribution in [0.5, 0.6) is 5.75 Å². The van der Waals surface area contributed by atoms with Crippen LogP contribution in [0.3, 0.4) is 0 Å². The number of hydrogen-bond acceptors (Lipinski definition) is 4. The van der Waals surface area contributed by atoms with Crippen molar-refractivity contribution in [3.63, 3.8) is 0 Å². The molecular weight excluding hydrogens is 250 g/mol. The SMILES string of the molecule is COc1ccc([N+](=O)[O-])cc1NC(=O)N1CCCC1. The summed E-state index contributed by atoms with van der Waals surface area (Å²) in [5.41, 5.74) is 0.228. The van der Waals surface area contributed by atoms with E-state index in [1.54, 1.807) is 4.90 Å². The molecular formula is C12H15N3O4. The Bertz CT molecular complexity index is 498. The maximum Gasteiger partial charge on any atom is 0.321 e. The van der Waals surface area contributed by atoms with Gasteiger partial charge in [0.2, 0.25) is 0 Å². The molecule has 1 aromatic carbocycles. The van der Waals surface area contributed by atoms with Crippen molar-refractivity contribution in [3.05, 3.63) is 28.3 Å². The molecule has 1 aliphatic rings. The molecule has 7 heteroatoms. The van der Waals surface area contributed by atoms with Crippen LogP contribution in [0.1, 0.15) is 12.8 Å². The molecule has 1 N–H and O–H groups in total. The number of nitrogens with one attached hydrogen (secondary N) is 1. The second-order valence-corrected chi connectivity index (χ2v) is 4.27. The van der Waals surface area contributed by atoms with Crippen LogP contribution in [0.15, 0.2) is 18.2 Å². The van der Waals surface area contributed by atoms with E-state index >= 15 is 0 Å². The molecule has 0 bridgehead atoms. The fourth-order valence-electron chi connectivity index (χ4n) is 2.02. The average Bonchev–Trinajstić information content (AvgIpc) is 2.92. The molecule has 7 nitrogen and oxygen atoms in total. The van der Waals surface area contributed by atoms with Crippen LogP contribution < -0.4 is 10.1 Å². The number of urea groups is 1. The van der Waals surface area contributed by atoms with E-state index in [1.807, 2.05) is 0 Å². The first kappa shape index (κ1) is 13.1. The fourth-order valence-corrected chi connectivity index (χ4v) is 2.02. The van der Waals surface area contributed by atoms with E-state index in [0.29, 0.717) is 24.5 Å². The lowest BCUT2D eigenvalue weighted by molar-refractivity contribution is -0.384. The molecule has 0 radical (unpaired) electrons. The molecule has 2 rings (SSSR count). The maximum absolute atomic E-state index is 12.0. The first-order valence-corrected chi connectivity index (χ1v) is 6.00. The van der Waals surface area contributed by atoms with Gasteiger partial charge in [0.05, 0.1) is 17.7 Å². The monoisotopic (exact) mass is 265 g/mol. The quantitative estimate of drug-likeness (QED) is 0.670. The molecule has 102 valence electrons. The Labute approximate surface area is 110 Å². The number of non-ortho nitro benzene ring substituents is 1. The molecule has 1 fully saturated rings. The zero-order valence-corrected chi connectivity index (χ0v) is 10.6. The third-order valence-corrected chi connectivity index (χ3v) is 3.03. The van der Waals surface area contributed by atoms with Gasteiger partial charge in [-0.15, -0.1) is 0 Å². The first-order chi connectivity index (χ1) is 9.11. The van der Waals surface area contributed by atoms with Gasteiger partial charge in [0.1, 0.15) is 5.75 Å². The number of carbonyl (C=O) groups is 1. The molecule has 1 saturated heterocycles. The Morgan fingerprint density at radius 3 is 2.68 bits per heavy atom. The highest BCUT2D eigenvalue weighted by Gasteiger charge is 2.20. The molecule has 0 saturated carbocycles. The van der Waals surface area contributed by atoms with Crippen molar-refractivity contribution in [2.45, 2.75) is 12.8 Å². The smallest absolute Gasteiger partial charge is 0.321 e. The highest BCUT2D eigenvalue weighted by molar-refractivity contribution is 5.91. The summed E-state index contributed by atoms with van der Waals surface area (Å²) in [5.74, 6) is 0.401. The van der Waals surface area contributed by atoms with Crippen molar-refractivity contribution in [3.8, 4) is 5.75 Å². The highest BCUT2D eigenvalue weighted by atomic mass is 16.6. The van der Waals surface area contributed by atoms with Gasteiger partial charge in [-0.1, -0.05) is 0 Å². The Morgan fingerprint density at radius 1 is 1.42 bits per heavy atom. The number of amides is 2. The van der Waals surface area contributed by atoms with Gasteiger partial charge >= 0.3 is 6.03 Å². The Morgan fingerprint density at radius 2 is 2.11 bits per heavy atom. The summed E-state index contributed by atoms with van der Waals surface area (Å²) in [4.78, 5) is 23.9. The fraction of sp³-hybridized carbons (Fsp3) is 0.417. The molecule has 1 aromatic rings. The van der Waals surface area contributed by atoms with Crippen molar-refractivity contribution in [2.75, 3.05) is 25.5 Å². The number of nitro benzene ring substituents is 1. The lowest BCUT2D eigenvalue weighted by atomic mass is 10.2. The summed E-state index contributed by atoms with van der Waals surface area (Å²) in [6.07, 6.45) is 1.97. The number of benzene rings is 1. The standard InChI is InChI=1S/C12H15N3O4/c1-19-11-5-4-9(15(17)18)8-10(11)13-12(16)14-6-2-3-7-14/h4-5,8H,2-3,6-7H2,1H3,(H,13,16). The van der Waals surface area contributed by atoms with Crippen molar-refractivity contribution < 1.29 is 14.5 Å². The van der Waals surface area contributed by atoms with Crippen LogP contribution in [-0.2, 0) is 0 Å². The molecule has 0 aliphatic carbocycles. The molecule has 2 amide bonds. The van der Waals surface area contributed by atoms with Crippen LogP contribution in [0.2, 0.25) is 0 Å². The van der Waals surface area contributed by atoms with Gasteiger partial charge in [-0.25, -0.2) is 4.79 Å². The van der Waals surface area contributed by atoms with Crippen LogP contribution in [0, 0.1) is 10.1 Å². The lowest BCUT2D eigenvalue weighted by Crippen LogP contribution is -2.32. The van der Waals surface area contributed by atoms with Gasteiger partial charge in [0, 0.05) is 25.2 Å². The number of methoxy groups -OCH3 is 1. The number of likely N-dealkylation sites (tertiary alicyclic amines) is 1. The Hall–Kier alpha value is -2.31. The maximum atomic E-state index is 12.0. The van der Waals surface area contributed by atoms with Crippen molar-refractivity contribution in [1.82, 2.24) is 4.90 Å². The molecule has 0 spiro atoms.